The monoisotopic (exact) mass is 243 g/mol. The van der Waals surface area contributed by atoms with Crippen molar-refractivity contribution in [3.8, 4) is 0 Å². The summed E-state index contributed by atoms with van der Waals surface area (Å²) in [7, 11) is 0. The van der Waals surface area contributed by atoms with Gasteiger partial charge in [0.15, 0.2) is 0 Å². The minimum atomic E-state index is -0.720. The van der Waals surface area contributed by atoms with Crippen molar-refractivity contribution < 1.29 is 14.6 Å². The van der Waals surface area contributed by atoms with Gasteiger partial charge in [-0.25, -0.2) is 0 Å². The Morgan fingerprint density at radius 3 is 2.76 bits per heavy atom. The molecule has 17 heavy (non-hydrogen) atoms. The zero-order valence-electron chi connectivity index (χ0n) is 11.2. The van der Waals surface area contributed by atoms with E-state index in [2.05, 4.69) is 4.90 Å². The highest BCUT2D eigenvalue weighted by atomic mass is 16.5. The Balaban J connectivity index is 2.62. The van der Waals surface area contributed by atoms with Gasteiger partial charge < -0.3 is 9.84 Å². The molecule has 0 aromatic rings. The highest BCUT2D eigenvalue weighted by Crippen LogP contribution is 2.22. The van der Waals surface area contributed by atoms with E-state index >= 15 is 0 Å². The summed E-state index contributed by atoms with van der Waals surface area (Å²) in [6.45, 7) is 7.46. The van der Waals surface area contributed by atoms with Crippen molar-refractivity contribution in [2.24, 2.45) is 0 Å². The normalized spacial score (nSPS) is 25.3. The topological polar surface area (TPSA) is 49.8 Å². The van der Waals surface area contributed by atoms with Crippen LogP contribution in [0.4, 0.5) is 0 Å². The summed E-state index contributed by atoms with van der Waals surface area (Å²) >= 11 is 0. The van der Waals surface area contributed by atoms with Gasteiger partial charge in [-0.3, -0.25) is 9.69 Å². The lowest BCUT2D eigenvalue weighted by Gasteiger charge is -2.38. The molecule has 1 heterocycles. The summed E-state index contributed by atoms with van der Waals surface area (Å²) in [6.07, 6.45) is 3.70. The zero-order valence-corrected chi connectivity index (χ0v) is 11.2. The lowest BCUT2D eigenvalue weighted by atomic mass is 9.97. The van der Waals surface area contributed by atoms with E-state index in [0.717, 1.165) is 25.8 Å². The Bertz CT molecular complexity index is 253. The first-order valence-electron chi connectivity index (χ1n) is 6.63. The second-order valence-corrected chi connectivity index (χ2v) is 5.08. The summed E-state index contributed by atoms with van der Waals surface area (Å²) in [6, 6.07) is -0.165. The minimum Gasteiger partial charge on any atom is -0.465 e. The van der Waals surface area contributed by atoms with Crippen LogP contribution < -0.4 is 0 Å². The fourth-order valence-corrected chi connectivity index (χ4v) is 2.23. The van der Waals surface area contributed by atoms with Crippen LogP contribution in [-0.4, -0.2) is 47.3 Å². The van der Waals surface area contributed by atoms with Gasteiger partial charge in [0.25, 0.3) is 0 Å². The first-order valence-corrected chi connectivity index (χ1v) is 6.63. The first-order chi connectivity index (χ1) is 8.00. The lowest BCUT2D eigenvalue weighted by molar-refractivity contribution is -0.152. The molecule has 0 radical (unpaired) electrons. The molecular formula is C13H25NO3. The van der Waals surface area contributed by atoms with Gasteiger partial charge in [-0.2, -0.15) is 0 Å². The van der Waals surface area contributed by atoms with Crippen molar-refractivity contribution in [3.05, 3.63) is 0 Å². The van der Waals surface area contributed by atoms with E-state index in [9.17, 15) is 9.90 Å². The van der Waals surface area contributed by atoms with E-state index in [0.29, 0.717) is 19.6 Å². The number of hydrogen-bond acceptors (Lipinski definition) is 4. The van der Waals surface area contributed by atoms with Crippen molar-refractivity contribution in [2.75, 3.05) is 19.7 Å². The largest absolute Gasteiger partial charge is 0.465 e. The SMILES string of the molecule is CCOC(=O)C1CCCCN1CC(C)(O)CC. The van der Waals surface area contributed by atoms with Crippen LogP contribution in [0.1, 0.15) is 46.5 Å². The van der Waals surface area contributed by atoms with E-state index < -0.39 is 5.60 Å². The molecule has 0 aromatic heterocycles. The molecule has 2 unspecified atom stereocenters. The molecule has 4 nitrogen and oxygen atoms in total. The number of ether oxygens (including phenoxy) is 1. The predicted molar refractivity (Wildman–Crippen MR) is 66.8 cm³/mol. The van der Waals surface area contributed by atoms with Crippen molar-refractivity contribution in [3.63, 3.8) is 0 Å². The summed E-state index contributed by atoms with van der Waals surface area (Å²) in [5.74, 6) is -0.140. The van der Waals surface area contributed by atoms with Crippen LogP contribution in [0.15, 0.2) is 0 Å². The Morgan fingerprint density at radius 2 is 2.18 bits per heavy atom. The van der Waals surface area contributed by atoms with Crippen LogP contribution in [0.5, 0.6) is 0 Å². The molecule has 0 amide bonds. The molecule has 1 N–H and O–H groups in total. The van der Waals surface area contributed by atoms with Crippen molar-refractivity contribution >= 4 is 5.97 Å². The van der Waals surface area contributed by atoms with Gasteiger partial charge >= 0.3 is 5.97 Å². The molecule has 0 aliphatic carbocycles. The molecule has 4 heteroatoms. The van der Waals surface area contributed by atoms with Crippen LogP contribution in [0.2, 0.25) is 0 Å². The molecule has 0 spiro atoms. The van der Waals surface area contributed by atoms with Crippen LogP contribution in [-0.2, 0) is 9.53 Å². The molecule has 0 aromatic carbocycles. The highest BCUT2D eigenvalue weighted by Gasteiger charge is 2.33. The number of aliphatic hydroxyl groups is 1. The zero-order chi connectivity index (χ0) is 12.9. The quantitative estimate of drug-likeness (QED) is 0.745. The number of esters is 1. The Labute approximate surface area is 104 Å². The second kappa shape index (κ2) is 6.36. The number of rotatable bonds is 5. The van der Waals surface area contributed by atoms with Gasteiger partial charge in [-0.05, 0) is 39.7 Å². The van der Waals surface area contributed by atoms with Gasteiger partial charge in [0, 0.05) is 6.54 Å². The van der Waals surface area contributed by atoms with E-state index in [1.807, 2.05) is 20.8 Å². The van der Waals surface area contributed by atoms with Gasteiger partial charge in [0.2, 0.25) is 0 Å². The molecule has 100 valence electrons. The van der Waals surface area contributed by atoms with Crippen LogP contribution in [0.25, 0.3) is 0 Å². The van der Waals surface area contributed by atoms with E-state index in [4.69, 9.17) is 4.74 Å². The predicted octanol–water partition coefficient (Wildman–Crippen LogP) is 1.56. The smallest absolute Gasteiger partial charge is 0.323 e. The standard InChI is InChI=1S/C13H25NO3/c1-4-13(3,16)10-14-9-7-6-8-11(14)12(15)17-5-2/h11,16H,4-10H2,1-3H3. The number of likely N-dealkylation sites (tertiary alicyclic amines) is 1. The van der Waals surface area contributed by atoms with Crippen molar-refractivity contribution in [1.82, 2.24) is 4.90 Å². The third-order valence-corrected chi connectivity index (χ3v) is 3.48. The number of β-amino-alcohol motifs (C(OH)–C–C–N with tert-alkyl or cyclic N) is 1. The number of nitrogens with zero attached hydrogens (tertiary/aromatic N) is 1. The van der Waals surface area contributed by atoms with Crippen molar-refractivity contribution in [1.29, 1.82) is 0 Å². The number of hydrogen-bond donors (Lipinski definition) is 1. The molecule has 0 saturated carbocycles. The van der Waals surface area contributed by atoms with Gasteiger partial charge in [-0.1, -0.05) is 13.3 Å². The summed E-state index contributed by atoms with van der Waals surface area (Å²) in [5, 5.41) is 10.1. The fourth-order valence-electron chi connectivity index (χ4n) is 2.23. The van der Waals surface area contributed by atoms with E-state index in [1.54, 1.807) is 0 Å². The van der Waals surface area contributed by atoms with Crippen molar-refractivity contribution in [2.45, 2.75) is 58.1 Å². The van der Waals surface area contributed by atoms with Crippen LogP contribution >= 0.6 is 0 Å². The maximum absolute atomic E-state index is 11.8. The number of carbonyl (C=O) groups excluding carboxylic acids is 1. The third kappa shape index (κ3) is 4.28. The molecule has 1 aliphatic rings. The van der Waals surface area contributed by atoms with Crippen LogP contribution in [0.3, 0.4) is 0 Å². The average molecular weight is 243 g/mol. The lowest BCUT2D eigenvalue weighted by Crippen LogP contribution is -2.51. The molecule has 2 atom stereocenters. The van der Waals surface area contributed by atoms with Gasteiger partial charge in [-0.15, -0.1) is 0 Å². The average Bonchev–Trinajstić information content (AvgIpc) is 2.29. The third-order valence-electron chi connectivity index (χ3n) is 3.48. The molecule has 1 saturated heterocycles. The Kier molecular flexibility index (Phi) is 5.40. The molecule has 1 fully saturated rings. The fraction of sp³-hybridized carbons (Fsp3) is 0.923. The second-order valence-electron chi connectivity index (χ2n) is 5.08. The first kappa shape index (κ1) is 14.5. The Hall–Kier alpha value is -0.610. The summed E-state index contributed by atoms with van der Waals surface area (Å²) in [5.41, 5.74) is -0.720. The maximum atomic E-state index is 11.8. The Morgan fingerprint density at radius 1 is 1.47 bits per heavy atom. The molecule has 1 rings (SSSR count). The highest BCUT2D eigenvalue weighted by molar-refractivity contribution is 5.75. The summed E-state index contributed by atoms with van der Waals surface area (Å²) < 4.78 is 5.10. The van der Waals surface area contributed by atoms with E-state index in [1.165, 1.54) is 0 Å². The number of carbonyl (C=O) groups is 1. The summed E-state index contributed by atoms with van der Waals surface area (Å²) in [4.78, 5) is 13.9. The van der Waals surface area contributed by atoms with Gasteiger partial charge in [0.1, 0.15) is 6.04 Å². The van der Waals surface area contributed by atoms with Gasteiger partial charge in [0.05, 0.1) is 12.2 Å². The van der Waals surface area contributed by atoms with E-state index in [-0.39, 0.29) is 12.0 Å². The van der Waals surface area contributed by atoms with Crippen LogP contribution in [0, 0.1) is 0 Å². The molecule has 1 aliphatic heterocycles. The maximum Gasteiger partial charge on any atom is 0.323 e. The molecule has 0 bridgehead atoms. The number of piperidine rings is 1. The molecular weight excluding hydrogens is 218 g/mol. The minimum absolute atomic E-state index is 0.140.